The van der Waals surface area contributed by atoms with Gasteiger partial charge in [0.05, 0.1) is 19.3 Å². The van der Waals surface area contributed by atoms with Crippen LogP contribution in [-0.4, -0.2) is 24.8 Å². The normalized spacial score (nSPS) is 14.7. The number of aliphatic hydroxyl groups is 1. The molecule has 84 valence electrons. The Morgan fingerprint density at radius 3 is 2.80 bits per heavy atom. The number of carbonyl (C=O) groups is 1. The Bertz CT molecular complexity index is 367. The first-order valence-electron chi connectivity index (χ1n) is 4.51. The highest BCUT2D eigenvalue weighted by Gasteiger charge is 2.27. The van der Waals surface area contributed by atoms with E-state index >= 15 is 0 Å². The van der Waals surface area contributed by atoms with Crippen molar-refractivity contribution in [2.75, 3.05) is 13.7 Å². The summed E-state index contributed by atoms with van der Waals surface area (Å²) in [6.07, 6.45) is 0. The number of rotatable bonds is 3. The van der Waals surface area contributed by atoms with Crippen molar-refractivity contribution in [2.24, 2.45) is 5.73 Å². The maximum atomic E-state index is 11.3. The van der Waals surface area contributed by atoms with Crippen molar-refractivity contribution in [2.45, 2.75) is 19.4 Å². The minimum atomic E-state index is -0.989. The van der Waals surface area contributed by atoms with Crippen LogP contribution >= 0.6 is 0 Å². The van der Waals surface area contributed by atoms with Crippen LogP contribution in [0.1, 0.15) is 28.8 Å². The van der Waals surface area contributed by atoms with Crippen LogP contribution in [0.15, 0.2) is 10.5 Å². The van der Waals surface area contributed by atoms with E-state index in [9.17, 15) is 4.79 Å². The number of nitrogens with two attached hydrogens (primary N) is 1. The minimum Gasteiger partial charge on any atom is -0.465 e. The van der Waals surface area contributed by atoms with Crippen molar-refractivity contribution in [3.8, 4) is 0 Å². The highest BCUT2D eigenvalue weighted by molar-refractivity contribution is 5.90. The summed E-state index contributed by atoms with van der Waals surface area (Å²) in [5.74, 6) is 0.320. The standard InChI is InChI=1S/C10H15NO4/c1-6-7(9(13)14-3)4-8(15-6)10(2,11)5-12/h4,12H,5,11H2,1-3H3. The number of esters is 1. The maximum absolute atomic E-state index is 11.3. The van der Waals surface area contributed by atoms with Crippen molar-refractivity contribution < 1.29 is 19.1 Å². The third-order valence-corrected chi connectivity index (χ3v) is 2.21. The fourth-order valence-electron chi connectivity index (χ4n) is 1.15. The van der Waals surface area contributed by atoms with E-state index in [1.165, 1.54) is 13.2 Å². The predicted molar refractivity (Wildman–Crippen MR) is 53.4 cm³/mol. The van der Waals surface area contributed by atoms with Gasteiger partial charge in [0.15, 0.2) is 0 Å². The Kier molecular flexibility index (Phi) is 3.16. The molecule has 0 aliphatic carbocycles. The Labute approximate surface area is 87.8 Å². The molecule has 1 aromatic heterocycles. The van der Waals surface area contributed by atoms with Crippen LogP contribution in [0.3, 0.4) is 0 Å². The van der Waals surface area contributed by atoms with Crippen molar-refractivity contribution in [3.63, 3.8) is 0 Å². The van der Waals surface area contributed by atoms with Gasteiger partial charge in [0, 0.05) is 0 Å². The van der Waals surface area contributed by atoms with Gasteiger partial charge < -0.3 is 20.0 Å². The fraction of sp³-hybridized carbons (Fsp3) is 0.500. The number of hydrogen-bond donors (Lipinski definition) is 2. The lowest BCUT2D eigenvalue weighted by molar-refractivity contribution is 0.0599. The molecule has 1 atom stereocenters. The Morgan fingerprint density at radius 1 is 1.73 bits per heavy atom. The molecule has 0 aromatic carbocycles. The maximum Gasteiger partial charge on any atom is 0.341 e. The van der Waals surface area contributed by atoms with Gasteiger partial charge in [-0.05, 0) is 19.9 Å². The molecule has 1 unspecified atom stereocenters. The number of methoxy groups -OCH3 is 1. The number of hydrogen-bond acceptors (Lipinski definition) is 5. The van der Waals surface area contributed by atoms with Gasteiger partial charge in [-0.25, -0.2) is 4.79 Å². The first-order valence-corrected chi connectivity index (χ1v) is 4.51. The smallest absolute Gasteiger partial charge is 0.341 e. The number of furan rings is 1. The van der Waals surface area contributed by atoms with E-state index < -0.39 is 11.5 Å². The van der Waals surface area contributed by atoms with Crippen LogP contribution in [0.4, 0.5) is 0 Å². The molecular weight excluding hydrogens is 198 g/mol. The predicted octanol–water partition coefficient (Wildman–Crippen LogP) is 0.541. The molecule has 0 fully saturated rings. The summed E-state index contributed by atoms with van der Waals surface area (Å²) >= 11 is 0. The first-order chi connectivity index (χ1) is 6.92. The molecule has 0 radical (unpaired) electrons. The molecule has 0 aliphatic heterocycles. The highest BCUT2D eigenvalue weighted by Crippen LogP contribution is 2.23. The second kappa shape index (κ2) is 4.04. The summed E-state index contributed by atoms with van der Waals surface area (Å²) in [6, 6.07) is 1.50. The SMILES string of the molecule is COC(=O)c1cc(C(C)(N)CO)oc1C. The zero-order valence-corrected chi connectivity index (χ0v) is 9.03. The molecule has 3 N–H and O–H groups in total. The lowest BCUT2D eigenvalue weighted by atomic mass is 10.0. The van der Waals surface area contributed by atoms with Gasteiger partial charge in [0.25, 0.3) is 0 Å². The summed E-state index contributed by atoms with van der Waals surface area (Å²) in [5.41, 5.74) is 5.11. The molecule has 5 nitrogen and oxygen atoms in total. The molecule has 0 aliphatic rings. The Balaban J connectivity index is 3.11. The van der Waals surface area contributed by atoms with E-state index in [-0.39, 0.29) is 6.61 Å². The van der Waals surface area contributed by atoms with Crippen LogP contribution < -0.4 is 5.73 Å². The Morgan fingerprint density at radius 2 is 2.33 bits per heavy atom. The average Bonchev–Trinajstić information content (AvgIpc) is 2.60. The number of aliphatic hydroxyl groups excluding tert-OH is 1. The van der Waals surface area contributed by atoms with E-state index in [0.717, 1.165) is 0 Å². The van der Waals surface area contributed by atoms with Crippen LogP contribution in [0.5, 0.6) is 0 Å². The second-order valence-electron chi connectivity index (χ2n) is 3.65. The van der Waals surface area contributed by atoms with E-state index in [1.807, 2.05) is 0 Å². The number of ether oxygens (including phenoxy) is 1. The van der Waals surface area contributed by atoms with Crippen LogP contribution in [0.25, 0.3) is 0 Å². The number of aryl methyl sites for hydroxylation is 1. The van der Waals surface area contributed by atoms with Gasteiger partial charge in [-0.1, -0.05) is 0 Å². The van der Waals surface area contributed by atoms with E-state index in [0.29, 0.717) is 17.1 Å². The lowest BCUT2D eigenvalue weighted by Crippen LogP contribution is -2.36. The van der Waals surface area contributed by atoms with Crippen LogP contribution in [0, 0.1) is 6.92 Å². The monoisotopic (exact) mass is 213 g/mol. The lowest BCUT2D eigenvalue weighted by Gasteiger charge is -2.17. The minimum absolute atomic E-state index is 0.263. The molecule has 0 saturated carbocycles. The molecule has 15 heavy (non-hydrogen) atoms. The molecule has 1 heterocycles. The molecule has 0 bridgehead atoms. The largest absolute Gasteiger partial charge is 0.465 e. The van der Waals surface area contributed by atoms with Gasteiger partial charge >= 0.3 is 5.97 Å². The molecule has 0 saturated heterocycles. The van der Waals surface area contributed by atoms with E-state index in [1.54, 1.807) is 13.8 Å². The molecule has 0 spiro atoms. The average molecular weight is 213 g/mol. The zero-order chi connectivity index (χ0) is 11.6. The Hall–Kier alpha value is -1.33. The third-order valence-electron chi connectivity index (χ3n) is 2.21. The van der Waals surface area contributed by atoms with Crippen molar-refractivity contribution in [3.05, 3.63) is 23.2 Å². The van der Waals surface area contributed by atoms with Gasteiger partial charge in [0.1, 0.15) is 17.1 Å². The van der Waals surface area contributed by atoms with Crippen LogP contribution in [0.2, 0.25) is 0 Å². The van der Waals surface area contributed by atoms with Gasteiger partial charge in [-0.3, -0.25) is 0 Å². The van der Waals surface area contributed by atoms with Crippen molar-refractivity contribution in [1.82, 2.24) is 0 Å². The summed E-state index contributed by atoms with van der Waals surface area (Å²) in [6.45, 7) is 3.00. The first kappa shape index (κ1) is 11.7. The topological polar surface area (TPSA) is 85.7 Å². The summed E-state index contributed by atoms with van der Waals surface area (Å²) in [4.78, 5) is 11.3. The van der Waals surface area contributed by atoms with Gasteiger partial charge in [-0.2, -0.15) is 0 Å². The molecule has 1 aromatic rings. The van der Waals surface area contributed by atoms with Crippen molar-refractivity contribution in [1.29, 1.82) is 0 Å². The third kappa shape index (κ3) is 2.19. The van der Waals surface area contributed by atoms with E-state index in [2.05, 4.69) is 4.74 Å². The second-order valence-corrected chi connectivity index (χ2v) is 3.65. The quantitative estimate of drug-likeness (QED) is 0.716. The molecule has 0 amide bonds. The fourth-order valence-corrected chi connectivity index (χ4v) is 1.15. The van der Waals surface area contributed by atoms with E-state index in [4.69, 9.17) is 15.3 Å². The van der Waals surface area contributed by atoms with Crippen molar-refractivity contribution >= 4 is 5.97 Å². The molecule has 5 heteroatoms. The zero-order valence-electron chi connectivity index (χ0n) is 9.03. The van der Waals surface area contributed by atoms with Gasteiger partial charge in [0.2, 0.25) is 0 Å². The molecular formula is C10H15NO4. The van der Waals surface area contributed by atoms with Gasteiger partial charge in [-0.15, -0.1) is 0 Å². The summed E-state index contributed by atoms with van der Waals surface area (Å²) < 4.78 is 9.88. The summed E-state index contributed by atoms with van der Waals surface area (Å²) in [5, 5.41) is 9.04. The summed E-state index contributed by atoms with van der Waals surface area (Å²) in [7, 11) is 1.29. The highest BCUT2D eigenvalue weighted by atomic mass is 16.5. The molecule has 1 rings (SSSR count). The van der Waals surface area contributed by atoms with Crippen LogP contribution in [-0.2, 0) is 10.3 Å². The number of carbonyl (C=O) groups excluding carboxylic acids is 1.